The molecule has 5 nitrogen and oxygen atoms in total. The van der Waals surface area contributed by atoms with Crippen LogP contribution in [0.15, 0.2) is 12.1 Å². The molecule has 0 spiro atoms. The Morgan fingerprint density at radius 1 is 1.24 bits per heavy atom. The quantitative estimate of drug-likeness (QED) is 0.455. The van der Waals surface area contributed by atoms with Crippen LogP contribution in [-0.4, -0.2) is 54.4 Å². The highest BCUT2D eigenvalue weighted by Gasteiger charge is 2.31. The number of likely N-dealkylation sites (N-methyl/N-ethyl adjacent to an activating group) is 1. The van der Waals surface area contributed by atoms with E-state index in [0.717, 1.165) is 37.6 Å². The molecule has 0 amide bonds. The molecule has 2 aliphatic rings. The molecular formula is C12H17N3O2. The summed E-state index contributed by atoms with van der Waals surface area (Å²) < 4.78 is 0. The minimum Gasteiger partial charge on any atom is -0.504 e. The number of benzene rings is 1. The van der Waals surface area contributed by atoms with Crippen LogP contribution in [-0.2, 0) is 0 Å². The van der Waals surface area contributed by atoms with E-state index in [4.69, 9.17) is 0 Å². The Bertz CT molecular complexity index is 450. The summed E-state index contributed by atoms with van der Waals surface area (Å²) in [6, 6.07) is 3.68. The van der Waals surface area contributed by atoms with Gasteiger partial charge in [-0.1, -0.05) is 0 Å². The van der Waals surface area contributed by atoms with E-state index in [9.17, 15) is 10.2 Å². The maximum absolute atomic E-state index is 9.60. The van der Waals surface area contributed by atoms with Crippen molar-refractivity contribution in [1.82, 2.24) is 4.90 Å². The average molecular weight is 235 g/mol. The van der Waals surface area contributed by atoms with E-state index >= 15 is 0 Å². The van der Waals surface area contributed by atoms with Gasteiger partial charge in [0.2, 0.25) is 0 Å². The second-order valence-electron chi connectivity index (χ2n) is 4.85. The van der Waals surface area contributed by atoms with Gasteiger partial charge in [0.05, 0.1) is 17.4 Å². The summed E-state index contributed by atoms with van der Waals surface area (Å²) >= 11 is 0. The maximum Gasteiger partial charge on any atom is 0.159 e. The van der Waals surface area contributed by atoms with Crippen LogP contribution in [0.1, 0.15) is 0 Å². The first-order valence-corrected chi connectivity index (χ1v) is 5.90. The van der Waals surface area contributed by atoms with Gasteiger partial charge in [-0.25, -0.2) is 0 Å². The lowest BCUT2D eigenvalue weighted by Crippen LogP contribution is -2.56. The van der Waals surface area contributed by atoms with Crippen molar-refractivity contribution in [3.8, 4) is 11.5 Å². The first-order valence-electron chi connectivity index (χ1n) is 5.90. The predicted molar refractivity (Wildman–Crippen MR) is 66.9 cm³/mol. The fraction of sp³-hybridized carbons (Fsp3) is 0.500. The van der Waals surface area contributed by atoms with Crippen LogP contribution in [0.3, 0.4) is 0 Å². The van der Waals surface area contributed by atoms with E-state index in [2.05, 4.69) is 22.2 Å². The van der Waals surface area contributed by atoms with Crippen molar-refractivity contribution >= 4 is 11.4 Å². The highest BCUT2D eigenvalue weighted by molar-refractivity contribution is 5.77. The van der Waals surface area contributed by atoms with E-state index in [-0.39, 0.29) is 11.5 Å². The lowest BCUT2D eigenvalue weighted by atomic mass is 10.1. The molecule has 92 valence electrons. The van der Waals surface area contributed by atoms with Crippen LogP contribution < -0.4 is 10.2 Å². The molecule has 2 aliphatic heterocycles. The Kier molecular flexibility index (Phi) is 2.29. The molecule has 0 aliphatic carbocycles. The summed E-state index contributed by atoms with van der Waals surface area (Å²) in [6.45, 7) is 3.88. The second-order valence-corrected chi connectivity index (χ2v) is 4.85. The molecular weight excluding hydrogens is 218 g/mol. The molecule has 0 radical (unpaired) electrons. The molecule has 17 heavy (non-hydrogen) atoms. The number of phenols is 2. The third kappa shape index (κ3) is 1.67. The van der Waals surface area contributed by atoms with Gasteiger partial charge in [0.15, 0.2) is 11.5 Å². The van der Waals surface area contributed by atoms with E-state index in [1.54, 1.807) is 12.1 Å². The lowest BCUT2D eigenvalue weighted by Gasteiger charge is -2.45. The van der Waals surface area contributed by atoms with Crippen LogP contribution in [0.5, 0.6) is 11.5 Å². The number of hydrogen-bond acceptors (Lipinski definition) is 5. The normalized spacial score (nSPS) is 23.8. The number of hydrogen-bond donors (Lipinski definition) is 3. The van der Waals surface area contributed by atoms with Gasteiger partial charge in [0.25, 0.3) is 0 Å². The van der Waals surface area contributed by atoms with Gasteiger partial charge in [-0.3, -0.25) is 0 Å². The Labute approximate surface area is 100 Å². The molecule has 1 saturated heterocycles. The average Bonchev–Trinajstić information content (AvgIpc) is 2.30. The van der Waals surface area contributed by atoms with Gasteiger partial charge in [-0.05, 0) is 7.05 Å². The number of nitrogens with one attached hydrogen (secondary N) is 1. The van der Waals surface area contributed by atoms with Crippen molar-refractivity contribution in [2.24, 2.45) is 0 Å². The standard InChI is InChI=1S/C12H17N3O2/c1-14-2-3-15-8(7-14)6-13-9-4-11(16)12(17)5-10(9)15/h4-5,8,13,16-17H,2-3,6-7H2,1H3. The zero-order valence-corrected chi connectivity index (χ0v) is 9.85. The molecule has 0 saturated carbocycles. The third-order valence-corrected chi connectivity index (χ3v) is 3.62. The van der Waals surface area contributed by atoms with Crippen LogP contribution in [0, 0.1) is 0 Å². The molecule has 3 N–H and O–H groups in total. The van der Waals surface area contributed by atoms with E-state index < -0.39 is 0 Å². The fourth-order valence-electron chi connectivity index (χ4n) is 2.68. The number of aromatic hydroxyl groups is 2. The lowest BCUT2D eigenvalue weighted by molar-refractivity contribution is 0.269. The number of rotatable bonds is 0. The summed E-state index contributed by atoms with van der Waals surface area (Å²) in [5.74, 6) is -0.117. The molecule has 0 bridgehead atoms. The minimum absolute atomic E-state index is 0.0508. The maximum atomic E-state index is 9.60. The van der Waals surface area contributed by atoms with Crippen molar-refractivity contribution in [2.75, 3.05) is 43.4 Å². The Morgan fingerprint density at radius 2 is 2.00 bits per heavy atom. The van der Waals surface area contributed by atoms with Crippen LogP contribution in [0.4, 0.5) is 11.4 Å². The van der Waals surface area contributed by atoms with Gasteiger partial charge in [-0.2, -0.15) is 0 Å². The molecule has 1 unspecified atom stereocenters. The molecule has 1 aromatic carbocycles. The van der Waals surface area contributed by atoms with E-state index in [1.807, 2.05) is 0 Å². The Morgan fingerprint density at radius 3 is 2.82 bits per heavy atom. The molecule has 5 heteroatoms. The third-order valence-electron chi connectivity index (χ3n) is 3.62. The van der Waals surface area contributed by atoms with Crippen molar-refractivity contribution in [2.45, 2.75) is 6.04 Å². The second kappa shape index (κ2) is 3.70. The molecule has 1 fully saturated rings. The van der Waals surface area contributed by atoms with Crippen molar-refractivity contribution < 1.29 is 10.2 Å². The Balaban J connectivity index is 1.98. The SMILES string of the molecule is CN1CCN2c3cc(O)c(O)cc3NCC2C1. The summed E-state index contributed by atoms with van der Waals surface area (Å²) in [7, 11) is 2.13. The van der Waals surface area contributed by atoms with Gasteiger partial charge < -0.3 is 25.3 Å². The first-order chi connectivity index (χ1) is 8.15. The van der Waals surface area contributed by atoms with E-state index in [0.29, 0.717) is 6.04 Å². The minimum atomic E-state index is -0.0659. The number of nitrogens with zero attached hydrogens (tertiary/aromatic N) is 2. The van der Waals surface area contributed by atoms with Crippen LogP contribution in [0.2, 0.25) is 0 Å². The topological polar surface area (TPSA) is 59.0 Å². The molecule has 0 aromatic heterocycles. The van der Waals surface area contributed by atoms with Gasteiger partial charge in [0.1, 0.15) is 0 Å². The monoisotopic (exact) mass is 235 g/mol. The molecule has 2 heterocycles. The number of fused-ring (bicyclic) bond motifs is 3. The zero-order chi connectivity index (χ0) is 12.0. The highest BCUT2D eigenvalue weighted by Crippen LogP contribution is 2.40. The van der Waals surface area contributed by atoms with Gasteiger partial charge >= 0.3 is 0 Å². The van der Waals surface area contributed by atoms with Crippen molar-refractivity contribution in [1.29, 1.82) is 0 Å². The molecule has 3 rings (SSSR count). The van der Waals surface area contributed by atoms with Crippen LogP contribution in [0.25, 0.3) is 0 Å². The van der Waals surface area contributed by atoms with Crippen LogP contribution >= 0.6 is 0 Å². The molecule has 1 aromatic rings. The number of phenolic OH excluding ortho intramolecular Hbond substituents is 2. The van der Waals surface area contributed by atoms with Gasteiger partial charge in [0, 0.05) is 38.3 Å². The predicted octanol–water partition coefficient (Wildman–Crippen LogP) is 0.644. The zero-order valence-electron chi connectivity index (χ0n) is 9.85. The summed E-state index contributed by atoms with van der Waals surface area (Å²) in [6.07, 6.45) is 0. The molecule has 1 atom stereocenters. The smallest absolute Gasteiger partial charge is 0.159 e. The number of piperazine rings is 1. The summed E-state index contributed by atoms with van der Waals surface area (Å²) in [5.41, 5.74) is 1.89. The van der Waals surface area contributed by atoms with Crippen molar-refractivity contribution in [3.05, 3.63) is 12.1 Å². The summed E-state index contributed by atoms with van der Waals surface area (Å²) in [5, 5.41) is 22.4. The fourth-order valence-corrected chi connectivity index (χ4v) is 2.68. The highest BCUT2D eigenvalue weighted by atomic mass is 16.3. The van der Waals surface area contributed by atoms with E-state index in [1.165, 1.54) is 0 Å². The van der Waals surface area contributed by atoms with Gasteiger partial charge in [-0.15, -0.1) is 0 Å². The summed E-state index contributed by atoms with van der Waals surface area (Å²) in [4.78, 5) is 4.62. The van der Waals surface area contributed by atoms with Crippen molar-refractivity contribution in [3.63, 3.8) is 0 Å². The first kappa shape index (κ1) is 10.5. The Hall–Kier alpha value is -1.62. The largest absolute Gasteiger partial charge is 0.504 e. The number of anilines is 2.